The zero-order chi connectivity index (χ0) is 8.97. The van der Waals surface area contributed by atoms with Gasteiger partial charge in [-0.15, -0.1) is 0 Å². The minimum absolute atomic E-state index is 0.421. The van der Waals surface area contributed by atoms with Crippen molar-refractivity contribution in [3.05, 3.63) is 11.1 Å². The Labute approximate surface area is 80.0 Å². The summed E-state index contributed by atoms with van der Waals surface area (Å²) in [6.45, 7) is 4.40. The highest BCUT2D eigenvalue weighted by molar-refractivity contribution is 6.30. The highest BCUT2D eigenvalue weighted by atomic mass is 35.5. The molecule has 0 amide bonds. The normalized spacial score (nSPS) is 24.4. The third-order valence-electron chi connectivity index (χ3n) is 2.72. The molecule has 1 atom stereocenters. The van der Waals surface area contributed by atoms with Gasteiger partial charge < -0.3 is 0 Å². The van der Waals surface area contributed by atoms with Gasteiger partial charge in [-0.1, -0.05) is 23.5 Å². The number of rotatable bonds is 0. The molecule has 0 aliphatic heterocycles. The summed E-state index contributed by atoms with van der Waals surface area (Å²) in [4.78, 5) is 0. The number of hydrogen-bond donors (Lipinski definition) is 0. The monoisotopic (exact) mass is 182 g/mol. The fourth-order valence-electron chi connectivity index (χ4n) is 1.70. The van der Waals surface area contributed by atoms with Gasteiger partial charge in [0.1, 0.15) is 0 Å². The summed E-state index contributed by atoms with van der Waals surface area (Å²) in [7, 11) is 0. The fourth-order valence-corrected chi connectivity index (χ4v) is 1.83. The van der Waals surface area contributed by atoms with Crippen LogP contribution in [0, 0.1) is 17.2 Å². The molecule has 0 aromatic rings. The molecule has 0 aromatic carbocycles. The molecule has 0 radical (unpaired) electrons. The van der Waals surface area contributed by atoms with Crippen molar-refractivity contribution in [1.82, 2.24) is 0 Å². The average Bonchev–Trinajstić information content (AvgIpc) is 2.20. The Morgan fingerprint density at radius 3 is 2.75 bits per heavy atom. The smallest absolute Gasteiger partial charge is 0.0424 e. The quantitative estimate of drug-likeness (QED) is 0.396. The highest BCUT2D eigenvalue weighted by Gasteiger charge is 2.13. The number of halogens is 1. The minimum atomic E-state index is 0.421. The first-order chi connectivity index (χ1) is 5.75. The summed E-state index contributed by atoms with van der Waals surface area (Å²) in [6, 6.07) is 0. The lowest BCUT2D eigenvalue weighted by Crippen LogP contribution is -1.98. The van der Waals surface area contributed by atoms with Crippen LogP contribution >= 0.6 is 11.6 Å². The van der Waals surface area contributed by atoms with Crippen LogP contribution in [-0.4, -0.2) is 0 Å². The molecule has 12 heavy (non-hydrogen) atoms. The first-order valence-corrected chi connectivity index (χ1v) is 4.91. The Bertz CT molecular complexity index is 239. The SMILES string of the molecule is CC1=C(C)C(C#CCl)CCCC1. The number of allylic oxidation sites excluding steroid dienone is 2. The predicted octanol–water partition coefficient (Wildman–Crippen LogP) is 3.71. The van der Waals surface area contributed by atoms with Crippen molar-refractivity contribution in [3.63, 3.8) is 0 Å². The molecule has 1 aliphatic carbocycles. The van der Waals surface area contributed by atoms with Gasteiger partial charge in [-0.3, -0.25) is 0 Å². The van der Waals surface area contributed by atoms with Gasteiger partial charge in [-0.05, 0) is 44.7 Å². The molecule has 0 heterocycles. The molecular formula is C11H15Cl. The van der Waals surface area contributed by atoms with E-state index in [1.165, 1.54) is 36.8 Å². The molecule has 0 nitrogen and oxygen atoms in total. The van der Waals surface area contributed by atoms with Crippen LogP contribution in [-0.2, 0) is 0 Å². The van der Waals surface area contributed by atoms with Gasteiger partial charge in [0.05, 0.1) is 0 Å². The number of hydrogen-bond acceptors (Lipinski definition) is 0. The van der Waals surface area contributed by atoms with Crippen LogP contribution in [0.1, 0.15) is 39.5 Å². The van der Waals surface area contributed by atoms with Gasteiger partial charge in [0.15, 0.2) is 0 Å². The summed E-state index contributed by atoms with van der Waals surface area (Å²) in [6.07, 6.45) is 5.02. The average molecular weight is 183 g/mol. The second-order valence-electron chi connectivity index (χ2n) is 3.50. The summed E-state index contributed by atoms with van der Waals surface area (Å²) < 4.78 is 0. The standard InChI is InChI=1S/C11H15Cl/c1-9-5-3-4-6-11(7-8-12)10(9)2/h11H,3-6H2,1-2H3. The first kappa shape index (κ1) is 9.68. The molecule has 66 valence electrons. The van der Waals surface area contributed by atoms with Crippen molar-refractivity contribution in [1.29, 1.82) is 0 Å². The zero-order valence-corrected chi connectivity index (χ0v) is 8.54. The van der Waals surface area contributed by atoms with Crippen LogP contribution in [0.5, 0.6) is 0 Å². The summed E-state index contributed by atoms with van der Waals surface area (Å²) >= 11 is 5.42. The topological polar surface area (TPSA) is 0 Å². The summed E-state index contributed by atoms with van der Waals surface area (Å²) in [5.74, 6) is 3.48. The van der Waals surface area contributed by atoms with E-state index in [1.54, 1.807) is 0 Å². The van der Waals surface area contributed by atoms with Crippen molar-refractivity contribution < 1.29 is 0 Å². The lowest BCUT2D eigenvalue weighted by Gasteiger charge is -2.09. The van der Waals surface area contributed by atoms with Crippen LogP contribution in [0.2, 0.25) is 0 Å². The van der Waals surface area contributed by atoms with Gasteiger partial charge in [-0.25, -0.2) is 0 Å². The van der Waals surface area contributed by atoms with E-state index in [0.717, 1.165) is 0 Å². The second kappa shape index (κ2) is 4.58. The van der Waals surface area contributed by atoms with Crippen molar-refractivity contribution >= 4 is 11.6 Å². The summed E-state index contributed by atoms with van der Waals surface area (Å²) in [5.41, 5.74) is 2.96. The van der Waals surface area contributed by atoms with Crippen molar-refractivity contribution in [2.75, 3.05) is 0 Å². The molecule has 0 aromatic heterocycles. The van der Waals surface area contributed by atoms with E-state index in [-0.39, 0.29) is 0 Å². The van der Waals surface area contributed by atoms with E-state index in [1.807, 2.05) is 0 Å². The highest BCUT2D eigenvalue weighted by Crippen LogP contribution is 2.27. The fraction of sp³-hybridized carbons (Fsp3) is 0.636. The van der Waals surface area contributed by atoms with Crippen LogP contribution in [0.3, 0.4) is 0 Å². The maximum atomic E-state index is 5.42. The minimum Gasteiger partial charge on any atom is -0.0780 e. The van der Waals surface area contributed by atoms with Gasteiger partial charge >= 0.3 is 0 Å². The maximum absolute atomic E-state index is 5.42. The largest absolute Gasteiger partial charge is 0.0780 e. The van der Waals surface area contributed by atoms with Crippen molar-refractivity contribution in [3.8, 4) is 11.3 Å². The molecule has 0 spiro atoms. The molecule has 1 heteroatoms. The van der Waals surface area contributed by atoms with Gasteiger partial charge in [0.2, 0.25) is 0 Å². The van der Waals surface area contributed by atoms with E-state index < -0.39 is 0 Å². The van der Waals surface area contributed by atoms with Gasteiger partial charge in [-0.2, -0.15) is 0 Å². The molecule has 0 saturated carbocycles. The van der Waals surface area contributed by atoms with Crippen LogP contribution < -0.4 is 0 Å². The summed E-state index contributed by atoms with van der Waals surface area (Å²) in [5, 5.41) is 2.50. The van der Waals surface area contributed by atoms with E-state index >= 15 is 0 Å². The maximum Gasteiger partial charge on any atom is 0.0424 e. The van der Waals surface area contributed by atoms with Crippen molar-refractivity contribution in [2.24, 2.45) is 5.92 Å². The Morgan fingerprint density at radius 2 is 2.08 bits per heavy atom. The molecule has 0 fully saturated rings. The molecule has 0 N–H and O–H groups in total. The molecule has 0 saturated heterocycles. The molecular weight excluding hydrogens is 168 g/mol. The Kier molecular flexibility index (Phi) is 3.69. The van der Waals surface area contributed by atoms with E-state index in [2.05, 4.69) is 25.1 Å². The Morgan fingerprint density at radius 1 is 1.33 bits per heavy atom. The van der Waals surface area contributed by atoms with Crippen LogP contribution in [0.25, 0.3) is 0 Å². The molecule has 1 rings (SSSR count). The molecule has 1 unspecified atom stereocenters. The zero-order valence-electron chi connectivity index (χ0n) is 7.78. The third-order valence-corrected chi connectivity index (χ3v) is 2.83. The first-order valence-electron chi connectivity index (χ1n) is 4.53. The van der Waals surface area contributed by atoms with Gasteiger partial charge in [0, 0.05) is 11.3 Å². The van der Waals surface area contributed by atoms with Crippen LogP contribution in [0.4, 0.5) is 0 Å². The van der Waals surface area contributed by atoms with Crippen molar-refractivity contribution in [2.45, 2.75) is 39.5 Å². The lowest BCUT2D eigenvalue weighted by molar-refractivity contribution is 0.641. The molecule has 1 aliphatic rings. The van der Waals surface area contributed by atoms with Gasteiger partial charge in [0.25, 0.3) is 0 Å². The van der Waals surface area contributed by atoms with E-state index in [9.17, 15) is 0 Å². The Hall–Kier alpha value is -0.410. The Balaban J connectivity index is 2.81. The third kappa shape index (κ3) is 2.29. The second-order valence-corrected chi connectivity index (χ2v) is 3.69. The van der Waals surface area contributed by atoms with E-state index in [4.69, 9.17) is 11.6 Å². The molecule has 0 bridgehead atoms. The lowest BCUT2D eigenvalue weighted by atomic mass is 9.95. The van der Waals surface area contributed by atoms with E-state index in [0.29, 0.717) is 5.92 Å². The predicted molar refractivity (Wildman–Crippen MR) is 54.0 cm³/mol. The van der Waals surface area contributed by atoms with Crippen LogP contribution in [0.15, 0.2) is 11.1 Å².